The molecule has 0 aliphatic carbocycles. The van der Waals surface area contributed by atoms with Gasteiger partial charge in [0.15, 0.2) is 0 Å². The Balaban J connectivity index is 1.92. The molecule has 0 aromatic heterocycles. The number of nitrogens with zero attached hydrogens (tertiary/aromatic N) is 1. The highest BCUT2D eigenvalue weighted by Crippen LogP contribution is 2.19. The number of nitrogens with two attached hydrogens (primary N) is 1. The third kappa shape index (κ3) is 5.23. The molecule has 0 saturated carbocycles. The number of carbonyl (C=O) groups excluding carboxylic acids is 2. The minimum absolute atomic E-state index is 0.0503. The van der Waals surface area contributed by atoms with Crippen LogP contribution in [0.4, 0.5) is 0 Å². The van der Waals surface area contributed by atoms with Crippen LogP contribution in [0.3, 0.4) is 0 Å². The van der Waals surface area contributed by atoms with E-state index in [-0.39, 0.29) is 17.9 Å². The fraction of sp³-hybridized carbons (Fsp3) is 0.556. The Bertz CT molecular complexity index is 545. The Labute approximate surface area is 143 Å². The van der Waals surface area contributed by atoms with Crippen LogP contribution >= 0.6 is 0 Å². The smallest absolute Gasteiger partial charge is 0.227 e. The third-order valence-corrected chi connectivity index (χ3v) is 4.37. The second kappa shape index (κ2) is 9.27. The van der Waals surface area contributed by atoms with Crippen LogP contribution in [0.2, 0.25) is 0 Å². The van der Waals surface area contributed by atoms with Crippen molar-refractivity contribution in [3.63, 3.8) is 0 Å². The summed E-state index contributed by atoms with van der Waals surface area (Å²) in [6.07, 6.45) is 3.73. The van der Waals surface area contributed by atoms with E-state index in [0.717, 1.165) is 37.1 Å². The van der Waals surface area contributed by atoms with Crippen LogP contribution in [0.5, 0.6) is 5.75 Å². The maximum Gasteiger partial charge on any atom is 0.227 e. The molecule has 2 rings (SSSR count). The molecule has 1 unspecified atom stereocenters. The lowest BCUT2D eigenvalue weighted by molar-refractivity contribution is -0.134. The summed E-state index contributed by atoms with van der Waals surface area (Å²) >= 11 is 0. The summed E-state index contributed by atoms with van der Waals surface area (Å²) in [5.41, 5.74) is 6.36. The number of hydrogen-bond donors (Lipinski definition) is 2. The number of amides is 2. The van der Waals surface area contributed by atoms with E-state index in [4.69, 9.17) is 10.5 Å². The molecule has 1 aromatic rings. The van der Waals surface area contributed by atoms with Gasteiger partial charge in [-0.15, -0.1) is 0 Å². The first kappa shape index (κ1) is 18.3. The molecule has 0 bridgehead atoms. The Morgan fingerprint density at radius 3 is 2.71 bits per heavy atom. The average Bonchev–Trinajstić information content (AvgIpc) is 2.61. The Morgan fingerprint density at radius 1 is 1.29 bits per heavy atom. The zero-order valence-corrected chi connectivity index (χ0v) is 14.3. The van der Waals surface area contributed by atoms with Crippen LogP contribution < -0.4 is 15.8 Å². The molecule has 132 valence electrons. The Hall–Kier alpha value is -2.08. The second-order valence-corrected chi connectivity index (χ2v) is 6.10. The first-order chi connectivity index (χ1) is 11.6. The lowest BCUT2D eigenvalue weighted by atomic mass is 10.0. The molecule has 6 heteroatoms. The monoisotopic (exact) mass is 333 g/mol. The first-order valence-corrected chi connectivity index (χ1v) is 8.53. The highest BCUT2D eigenvalue weighted by molar-refractivity contribution is 5.79. The number of nitrogens with one attached hydrogen (secondary N) is 1. The van der Waals surface area contributed by atoms with Gasteiger partial charge in [-0.3, -0.25) is 9.59 Å². The summed E-state index contributed by atoms with van der Waals surface area (Å²) in [4.78, 5) is 26.2. The highest BCUT2D eigenvalue weighted by Gasteiger charge is 2.26. The van der Waals surface area contributed by atoms with Gasteiger partial charge in [-0.25, -0.2) is 0 Å². The summed E-state index contributed by atoms with van der Waals surface area (Å²) in [5, 5.41) is 2.89. The van der Waals surface area contributed by atoms with Gasteiger partial charge in [0.1, 0.15) is 5.75 Å². The molecule has 1 heterocycles. The number of piperidine rings is 1. The molecule has 1 aliphatic rings. The van der Waals surface area contributed by atoms with Gasteiger partial charge in [0.05, 0.1) is 13.5 Å². The van der Waals surface area contributed by atoms with Gasteiger partial charge in [-0.2, -0.15) is 0 Å². The lowest BCUT2D eigenvalue weighted by Gasteiger charge is -2.36. The fourth-order valence-electron chi connectivity index (χ4n) is 3.01. The maximum atomic E-state index is 12.7. The summed E-state index contributed by atoms with van der Waals surface area (Å²) in [6.45, 7) is 1.61. The summed E-state index contributed by atoms with van der Waals surface area (Å²) in [5.74, 6) is 0.841. The van der Waals surface area contributed by atoms with Crippen LogP contribution in [0.15, 0.2) is 24.3 Å². The average molecular weight is 333 g/mol. The predicted octanol–water partition coefficient (Wildman–Crippen LogP) is 1.08. The molecule has 1 atom stereocenters. The van der Waals surface area contributed by atoms with Crippen molar-refractivity contribution < 1.29 is 14.3 Å². The summed E-state index contributed by atoms with van der Waals surface area (Å²) < 4.78 is 5.14. The highest BCUT2D eigenvalue weighted by atomic mass is 16.5. The van der Waals surface area contributed by atoms with Crippen molar-refractivity contribution in [3.05, 3.63) is 29.8 Å². The van der Waals surface area contributed by atoms with Crippen molar-refractivity contribution >= 4 is 11.8 Å². The number of hydrogen-bond acceptors (Lipinski definition) is 4. The molecule has 1 aliphatic heterocycles. The van der Waals surface area contributed by atoms with Crippen molar-refractivity contribution in [3.8, 4) is 5.75 Å². The van der Waals surface area contributed by atoms with Gasteiger partial charge in [-0.1, -0.05) is 12.1 Å². The SMILES string of the molecule is COc1ccc(CC(=O)N2CCCCC2CNC(=O)CCN)cc1. The number of methoxy groups -OCH3 is 1. The molecule has 3 N–H and O–H groups in total. The molecule has 1 fully saturated rings. The number of likely N-dealkylation sites (tertiary alicyclic amines) is 1. The van der Waals surface area contributed by atoms with Gasteiger partial charge in [0.2, 0.25) is 11.8 Å². The van der Waals surface area contributed by atoms with E-state index in [1.807, 2.05) is 29.2 Å². The maximum absolute atomic E-state index is 12.7. The van der Waals surface area contributed by atoms with E-state index in [1.54, 1.807) is 7.11 Å². The van der Waals surface area contributed by atoms with Crippen molar-refractivity contribution in [2.45, 2.75) is 38.1 Å². The molecular formula is C18H27N3O3. The third-order valence-electron chi connectivity index (χ3n) is 4.37. The fourth-order valence-corrected chi connectivity index (χ4v) is 3.01. The van der Waals surface area contributed by atoms with Gasteiger partial charge in [0, 0.05) is 32.1 Å². The first-order valence-electron chi connectivity index (χ1n) is 8.53. The minimum Gasteiger partial charge on any atom is -0.497 e. The zero-order valence-electron chi connectivity index (χ0n) is 14.3. The van der Waals surface area contributed by atoms with E-state index in [1.165, 1.54) is 0 Å². The van der Waals surface area contributed by atoms with E-state index in [2.05, 4.69) is 5.32 Å². The van der Waals surface area contributed by atoms with Gasteiger partial charge in [0.25, 0.3) is 0 Å². The van der Waals surface area contributed by atoms with E-state index in [0.29, 0.717) is 25.9 Å². The molecule has 0 radical (unpaired) electrons. The molecule has 2 amide bonds. The van der Waals surface area contributed by atoms with E-state index < -0.39 is 0 Å². The van der Waals surface area contributed by atoms with Gasteiger partial charge >= 0.3 is 0 Å². The molecule has 24 heavy (non-hydrogen) atoms. The van der Waals surface area contributed by atoms with Crippen molar-refractivity contribution in [2.24, 2.45) is 5.73 Å². The topological polar surface area (TPSA) is 84.7 Å². The number of carbonyl (C=O) groups is 2. The summed E-state index contributed by atoms with van der Waals surface area (Å²) in [6, 6.07) is 7.63. The molecule has 1 saturated heterocycles. The predicted molar refractivity (Wildman–Crippen MR) is 92.7 cm³/mol. The van der Waals surface area contributed by atoms with Crippen LogP contribution in [-0.2, 0) is 16.0 Å². The van der Waals surface area contributed by atoms with Crippen molar-refractivity contribution in [1.29, 1.82) is 0 Å². The van der Waals surface area contributed by atoms with Crippen LogP contribution in [0, 0.1) is 0 Å². The van der Waals surface area contributed by atoms with Crippen LogP contribution in [0.25, 0.3) is 0 Å². The van der Waals surface area contributed by atoms with Crippen molar-refractivity contribution in [2.75, 3.05) is 26.7 Å². The molecule has 0 spiro atoms. The number of benzene rings is 1. The largest absolute Gasteiger partial charge is 0.497 e. The Kier molecular flexibility index (Phi) is 7.06. The number of rotatable bonds is 7. The van der Waals surface area contributed by atoms with E-state index >= 15 is 0 Å². The molecule has 6 nitrogen and oxygen atoms in total. The normalized spacial score (nSPS) is 17.4. The van der Waals surface area contributed by atoms with E-state index in [9.17, 15) is 9.59 Å². The molecular weight excluding hydrogens is 306 g/mol. The van der Waals surface area contributed by atoms with Gasteiger partial charge < -0.3 is 20.7 Å². The lowest BCUT2D eigenvalue weighted by Crippen LogP contribution is -2.50. The summed E-state index contributed by atoms with van der Waals surface area (Å²) in [7, 11) is 1.62. The molecule has 1 aromatic carbocycles. The Morgan fingerprint density at radius 2 is 2.04 bits per heavy atom. The van der Waals surface area contributed by atoms with Gasteiger partial charge in [-0.05, 0) is 37.0 Å². The van der Waals surface area contributed by atoms with Crippen LogP contribution in [0.1, 0.15) is 31.2 Å². The number of ether oxygens (including phenoxy) is 1. The second-order valence-electron chi connectivity index (χ2n) is 6.10. The quantitative estimate of drug-likeness (QED) is 0.782. The van der Waals surface area contributed by atoms with Crippen LogP contribution in [-0.4, -0.2) is 49.5 Å². The standard InChI is InChI=1S/C18H27N3O3/c1-24-16-7-5-14(6-8-16)12-18(23)21-11-3-2-4-15(21)13-20-17(22)9-10-19/h5-8,15H,2-4,9-13,19H2,1H3,(H,20,22). The zero-order chi connectivity index (χ0) is 17.4. The van der Waals surface area contributed by atoms with Crippen molar-refractivity contribution in [1.82, 2.24) is 10.2 Å². The minimum atomic E-state index is -0.0503.